The van der Waals surface area contributed by atoms with Crippen molar-refractivity contribution in [3.8, 4) is 0 Å². The Kier molecular flexibility index (Phi) is 4.25. The van der Waals surface area contributed by atoms with E-state index in [9.17, 15) is 4.79 Å². The summed E-state index contributed by atoms with van der Waals surface area (Å²) in [5.41, 5.74) is 1.13. The first-order valence-electron chi connectivity index (χ1n) is 4.35. The van der Waals surface area contributed by atoms with Gasteiger partial charge in [-0.15, -0.1) is 0 Å². The minimum atomic E-state index is -0.194. The van der Waals surface area contributed by atoms with Crippen LogP contribution in [0.4, 0.5) is 4.79 Å². The fraction of sp³-hybridized carbons (Fsp3) is 0.333. The van der Waals surface area contributed by atoms with Crippen LogP contribution in [0.15, 0.2) is 23.4 Å². The van der Waals surface area contributed by atoms with Gasteiger partial charge in [-0.05, 0) is 31.5 Å². The standard InChI is InChI=1S/C9H13N3OS/c1-3-10-9(13)12-14-8-6-7(2)4-5-11-8/h4-6H,3H2,1-2H3,(H2,10,12,13). The zero-order valence-electron chi connectivity index (χ0n) is 8.20. The molecule has 0 atom stereocenters. The Morgan fingerprint density at radius 1 is 1.64 bits per heavy atom. The van der Waals surface area contributed by atoms with Crippen LogP contribution in [0.5, 0.6) is 0 Å². The van der Waals surface area contributed by atoms with E-state index < -0.39 is 0 Å². The van der Waals surface area contributed by atoms with Gasteiger partial charge in [0, 0.05) is 24.7 Å². The Balaban J connectivity index is 2.41. The average molecular weight is 211 g/mol. The SMILES string of the molecule is CCNC(=O)NSc1cc(C)ccn1. The molecule has 0 radical (unpaired) electrons. The summed E-state index contributed by atoms with van der Waals surface area (Å²) in [7, 11) is 0. The summed E-state index contributed by atoms with van der Waals surface area (Å²) < 4.78 is 2.63. The zero-order valence-corrected chi connectivity index (χ0v) is 9.02. The molecule has 0 aliphatic carbocycles. The number of amides is 2. The number of carbonyl (C=O) groups is 1. The molecule has 0 aromatic carbocycles. The van der Waals surface area contributed by atoms with E-state index in [-0.39, 0.29) is 6.03 Å². The van der Waals surface area contributed by atoms with Crippen molar-refractivity contribution in [1.29, 1.82) is 0 Å². The predicted octanol–water partition coefficient (Wildman–Crippen LogP) is 1.72. The van der Waals surface area contributed by atoms with Crippen molar-refractivity contribution >= 4 is 18.0 Å². The summed E-state index contributed by atoms with van der Waals surface area (Å²) in [4.78, 5) is 15.1. The number of aromatic nitrogens is 1. The topological polar surface area (TPSA) is 54.0 Å². The van der Waals surface area contributed by atoms with E-state index in [2.05, 4.69) is 15.0 Å². The molecular formula is C9H13N3OS. The van der Waals surface area contributed by atoms with Crippen molar-refractivity contribution < 1.29 is 4.79 Å². The third kappa shape index (κ3) is 3.66. The second-order valence-electron chi connectivity index (χ2n) is 2.74. The maximum atomic E-state index is 11.0. The Bertz CT molecular complexity index is 317. The van der Waals surface area contributed by atoms with Crippen LogP contribution >= 0.6 is 11.9 Å². The van der Waals surface area contributed by atoms with Gasteiger partial charge in [0.05, 0.1) is 0 Å². The summed E-state index contributed by atoms with van der Waals surface area (Å²) in [6.45, 7) is 4.47. The molecule has 2 N–H and O–H groups in total. The maximum Gasteiger partial charge on any atom is 0.325 e. The second-order valence-corrected chi connectivity index (χ2v) is 3.56. The van der Waals surface area contributed by atoms with Gasteiger partial charge in [-0.2, -0.15) is 0 Å². The number of hydrogen-bond donors (Lipinski definition) is 2. The number of aryl methyl sites for hydroxylation is 1. The first-order valence-corrected chi connectivity index (χ1v) is 5.17. The highest BCUT2D eigenvalue weighted by Gasteiger charge is 1.99. The fourth-order valence-electron chi connectivity index (χ4n) is 0.860. The summed E-state index contributed by atoms with van der Waals surface area (Å²) >= 11 is 1.21. The van der Waals surface area contributed by atoms with Gasteiger partial charge in [-0.25, -0.2) is 9.78 Å². The van der Waals surface area contributed by atoms with Crippen LogP contribution in [0.3, 0.4) is 0 Å². The molecule has 0 aliphatic rings. The Morgan fingerprint density at radius 2 is 2.43 bits per heavy atom. The molecule has 5 heteroatoms. The largest absolute Gasteiger partial charge is 0.338 e. The van der Waals surface area contributed by atoms with Gasteiger partial charge in [0.1, 0.15) is 5.03 Å². The number of nitrogens with one attached hydrogen (secondary N) is 2. The highest BCUT2D eigenvalue weighted by Crippen LogP contribution is 2.11. The van der Waals surface area contributed by atoms with Crippen molar-refractivity contribution in [3.63, 3.8) is 0 Å². The van der Waals surface area contributed by atoms with E-state index >= 15 is 0 Å². The van der Waals surface area contributed by atoms with Gasteiger partial charge in [0.25, 0.3) is 0 Å². The molecule has 0 fully saturated rings. The van der Waals surface area contributed by atoms with Gasteiger partial charge >= 0.3 is 6.03 Å². The molecule has 1 aromatic heterocycles. The monoisotopic (exact) mass is 211 g/mol. The van der Waals surface area contributed by atoms with Crippen LogP contribution in [0.2, 0.25) is 0 Å². The molecule has 0 unspecified atom stereocenters. The lowest BCUT2D eigenvalue weighted by atomic mass is 10.3. The first kappa shape index (κ1) is 10.8. The molecule has 0 bridgehead atoms. The van der Waals surface area contributed by atoms with E-state index in [1.807, 2.05) is 26.0 Å². The predicted molar refractivity (Wildman–Crippen MR) is 57.0 cm³/mol. The molecule has 0 spiro atoms. The zero-order chi connectivity index (χ0) is 10.4. The number of pyridine rings is 1. The Labute approximate surface area is 87.6 Å². The summed E-state index contributed by atoms with van der Waals surface area (Å²) in [5.74, 6) is 0. The molecule has 76 valence electrons. The maximum absolute atomic E-state index is 11.0. The van der Waals surface area contributed by atoms with Crippen molar-refractivity contribution in [1.82, 2.24) is 15.0 Å². The van der Waals surface area contributed by atoms with Crippen LogP contribution in [-0.4, -0.2) is 17.6 Å². The van der Waals surface area contributed by atoms with Gasteiger partial charge in [0.15, 0.2) is 0 Å². The average Bonchev–Trinajstić information content (AvgIpc) is 2.15. The number of carbonyl (C=O) groups excluding carboxylic acids is 1. The van der Waals surface area contributed by atoms with E-state index in [1.165, 1.54) is 11.9 Å². The fourth-order valence-corrected chi connectivity index (χ4v) is 1.49. The van der Waals surface area contributed by atoms with Crippen molar-refractivity contribution in [2.75, 3.05) is 6.54 Å². The molecule has 0 saturated heterocycles. The molecule has 1 aromatic rings. The van der Waals surface area contributed by atoms with E-state index in [0.29, 0.717) is 6.54 Å². The van der Waals surface area contributed by atoms with E-state index in [4.69, 9.17) is 0 Å². The number of rotatable bonds is 3. The third-order valence-electron chi connectivity index (χ3n) is 1.48. The lowest BCUT2D eigenvalue weighted by Crippen LogP contribution is -2.30. The normalized spacial score (nSPS) is 9.57. The van der Waals surface area contributed by atoms with E-state index in [0.717, 1.165) is 10.6 Å². The van der Waals surface area contributed by atoms with Crippen molar-refractivity contribution in [2.24, 2.45) is 0 Å². The Morgan fingerprint density at radius 3 is 3.07 bits per heavy atom. The van der Waals surface area contributed by atoms with Gasteiger partial charge in [-0.3, -0.25) is 4.72 Å². The van der Waals surface area contributed by atoms with Crippen molar-refractivity contribution in [3.05, 3.63) is 23.9 Å². The van der Waals surface area contributed by atoms with Crippen molar-refractivity contribution in [2.45, 2.75) is 18.9 Å². The molecule has 0 saturated carbocycles. The van der Waals surface area contributed by atoms with Crippen LogP contribution in [0.25, 0.3) is 0 Å². The summed E-state index contributed by atoms with van der Waals surface area (Å²) in [6, 6.07) is 3.63. The van der Waals surface area contributed by atoms with Gasteiger partial charge in [-0.1, -0.05) is 0 Å². The molecule has 14 heavy (non-hydrogen) atoms. The highest BCUT2D eigenvalue weighted by molar-refractivity contribution is 7.97. The molecule has 1 heterocycles. The minimum Gasteiger partial charge on any atom is -0.338 e. The van der Waals surface area contributed by atoms with Crippen LogP contribution in [0.1, 0.15) is 12.5 Å². The Hall–Kier alpha value is -1.23. The highest BCUT2D eigenvalue weighted by atomic mass is 32.2. The quantitative estimate of drug-likeness (QED) is 0.748. The van der Waals surface area contributed by atoms with E-state index in [1.54, 1.807) is 6.20 Å². The lowest BCUT2D eigenvalue weighted by molar-refractivity contribution is 0.247. The molecule has 0 aliphatic heterocycles. The molecule has 2 amide bonds. The number of urea groups is 1. The molecule has 4 nitrogen and oxygen atoms in total. The number of nitrogens with zero attached hydrogens (tertiary/aromatic N) is 1. The first-order chi connectivity index (χ1) is 6.72. The van der Waals surface area contributed by atoms with Crippen LogP contribution < -0.4 is 10.0 Å². The second kappa shape index (κ2) is 5.49. The minimum absolute atomic E-state index is 0.194. The molecular weight excluding hydrogens is 198 g/mol. The smallest absolute Gasteiger partial charge is 0.325 e. The van der Waals surface area contributed by atoms with Gasteiger partial charge in [0.2, 0.25) is 0 Å². The third-order valence-corrected chi connectivity index (χ3v) is 2.20. The van der Waals surface area contributed by atoms with Crippen LogP contribution in [-0.2, 0) is 0 Å². The molecule has 1 rings (SSSR count). The summed E-state index contributed by atoms with van der Waals surface area (Å²) in [5, 5.41) is 3.42. The lowest BCUT2D eigenvalue weighted by Gasteiger charge is -2.04. The summed E-state index contributed by atoms with van der Waals surface area (Å²) in [6.07, 6.45) is 1.72. The van der Waals surface area contributed by atoms with Crippen LogP contribution in [0, 0.1) is 6.92 Å². The number of hydrogen-bond acceptors (Lipinski definition) is 3. The van der Waals surface area contributed by atoms with Gasteiger partial charge < -0.3 is 5.32 Å².